The van der Waals surface area contributed by atoms with Crippen LogP contribution in [0.25, 0.3) is 0 Å². The van der Waals surface area contributed by atoms with Crippen molar-refractivity contribution in [3.63, 3.8) is 0 Å². The van der Waals surface area contributed by atoms with E-state index in [1.807, 2.05) is 27.7 Å². The molecule has 1 N–H and O–H groups in total. The third-order valence-corrected chi connectivity index (χ3v) is 7.32. The zero-order valence-electron chi connectivity index (χ0n) is 20.9. The first-order valence-electron chi connectivity index (χ1n) is 12.9. The minimum absolute atomic E-state index is 0.0414. The van der Waals surface area contributed by atoms with Gasteiger partial charge >= 0.3 is 0 Å². The summed E-state index contributed by atoms with van der Waals surface area (Å²) in [6.45, 7) is 4.89. The summed E-state index contributed by atoms with van der Waals surface area (Å²) in [5.41, 5.74) is 4.95. The number of amides is 2. The molecule has 2 aromatic carbocycles. The van der Waals surface area contributed by atoms with Gasteiger partial charge in [0.2, 0.25) is 5.91 Å². The predicted octanol–water partition coefficient (Wildman–Crippen LogP) is 4.06. The number of ether oxygens (including phenoxy) is 1. The fraction of sp³-hybridized carbons (Fsp3) is 0.414. The zero-order valence-corrected chi connectivity index (χ0v) is 20.9. The van der Waals surface area contributed by atoms with Crippen molar-refractivity contribution in [3.8, 4) is 0 Å². The van der Waals surface area contributed by atoms with Gasteiger partial charge in [0.05, 0.1) is 25.2 Å². The predicted molar refractivity (Wildman–Crippen MR) is 137 cm³/mol. The quantitative estimate of drug-likeness (QED) is 0.511. The molecule has 0 saturated carbocycles. The summed E-state index contributed by atoms with van der Waals surface area (Å²) < 4.78 is 8.14. The van der Waals surface area contributed by atoms with Gasteiger partial charge in [-0.15, -0.1) is 0 Å². The highest BCUT2D eigenvalue weighted by Crippen LogP contribution is 2.29. The number of aromatic nitrogens is 2. The molecule has 36 heavy (non-hydrogen) atoms. The molecule has 1 saturated heterocycles. The van der Waals surface area contributed by atoms with Crippen LogP contribution >= 0.6 is 0 Å². The molecule has 1 atom stereocenters. The molecule has 0 radical (unpaired) electrons. The second-order valence-electron chi connectivity index (χ2n) is 9.85. The number of hydrogen-bond acceptors (Lipinski definition) is 4. The summed E-state index contributed by atoms with van der Waals surface area (Å²) >= 11 is 0. The average Bonchev–Trinajstić information content (AvgIpc) is 3.35. The van der Waals surface area contributed by atoms with E-state index in [1.165, 1.54) is 11.1 Å². The van der Waals surface area contributed by atoms with Crippen molar-refractivity contribution in [2.24, 2.45) is 5.92 Å². The van der Waals surface area contributed by atoms with E-state index >= 15 is 0 Å². The van der Waals surface area contributed by atoms with Gasteiger partial charge in [0, 0.05) is 25.6 Å². The number of imidazole rings is 1. The molecule has 0 aliphatic carbocycles. The van der Waals surface area contributed by atoms with E-state index in [2.05, 4.69) is 53.6 Å². The molecule has 1 aromatic heterocycles. The van der Waals surface area contributed by atoms with Crippen molar-refractivity contribution in [2.75, 3.05) is 19.6 Å². The van der Waals surface area contributed by atoms with E-state index in [-0.39, 0.29) is 23.8 Å². The molecule has 2 aliphatic heterocycles. The maximum atomic E-state index is 13.2. The number of carbonyl (C=O) groups is 2. The van der Waals surface area contributed by atoms with Gasteiger partial charge in [-0.05, 0) is 43.7 Å². The van der Waals surface area contributed by atoms with Crippen LogP contribution in [0.5, 0.6) is 0 Å². The highest BCUT2D eigenvalue weighted by atomic mass is 16.5. The van der Waals surface area contributed by atoms with Crippen molar-refractivity contribution in [1.82, 2.24) is 19.8 Å². The SMILES string of the molecule is Cc1ccc(C2Cn3cnc(C(=O)N4CCC(C(=O)NCCCc5ccccc5)CC4)c3CO2)cc1. The first-order valence-corrected chi connectivity index (χ1v) is 12.9. The number of carbonyl (C=O) groups excluding carboxylic acids is 2. The Balaban J connectivity index is 1.10. The number of fused-ring (bicyclic) bond motifs is 1. The summed E-state index contributed by atoms with van der Waals surface area (Å²) in [5, 5.41) is 3.08. The van der Waals surface area contributed by atoms with Crippen LogP contribution in [0, 0.1) is 12.8 Å². The molecule has 5 rings (SSSR count). The van der Waals surface area contributed by atoms with Gasteiger partial charge in [0.15, 0.2) is 5.69 Å². The Labute approximate surface area is 212 Å². The van der Waals surface area contributed by atoms with Gasteiger partial charge in [-0.1, -0.05) is 60.2 Å². The van der Waals surface area contributed by atoms with Crippen LogP contribution in [-0.2, 0) is 29.1 Å². The van der Waals surface area contributed by atoms with Crippen molar-refractivity contribution in [2.45, 2.75) is 51.9 Å². The minimum Gasteiger partial charge on any atom is -0.365 e. The molecular formula is C29H34N4O3. The number of likely N-dealkylation sites (tertiary alicyclic amines) is 1. The molecule has 7 nitrogen and oxygen atoms in total. The molecule has 0 bridgehead atoms. The van der Waals surface area contributed by atoms with E-state index in [0.717, 1.165) is 24.1 Å². The lowest BCUT2D eigenvalue weighted by Gasteiger charge is -2.31. The van der Waals surface area contributed by atoms with Crippen LogP contribution in [0.2, 0.25) is 0 Å². The van der Waals surface area contributed by atoms with Crippen molar-refractivity contribution in [3.05, 3.63) is 89.0 Å². The van der Waals surface area contributed by atoms with Gasteiger partial charge in [-0.25, -0.2) is 4.98 Å². The maximum absolute atomic E-state index is 13.2. The average molecular weight is 487 g/mol. The maximum Gasteiger partial charge on any atom is 0.274 e. The van der Waals surface area contributed by atoms with Gasteiger partial charge < -0.3 is 19.5 Å². The zero-order chi connectivity index (χ0) is 24.9. The second-order valence-corrected chi connectivity index (χ2v) is 9.85. The normalized spacial score (nSPS) is 18.0. The fourth-order valence-electron chi connectivity index (χ4n) is 5.08. The Morgan fingerprint density at radius 1 is 1.06 bits per heavy atom. The smallest absolute Gasteiger partial charge is 0.274 e. The van der Waals surface area contributed by atoms with Crippen LogP contribution in [0.3, 0.4) is 0 Å². The van der Waals surface area contributed by atoms with E-state index in [9.17, 15) is 9.59 Å². The van der Waals surface area contributed by atoms with E-state index in [0.29, 0.717) is 51.3 Å². The number of hydrogen-bond donors (Lipinski definition) is 1. The minimum atomic E-state index is -0.0668. The number of benzene rings is 2. The van der Waals surface area contributed by atoms with Gasteiger partial charge in [0.25, 0.3) is 5.91 Å². The fourth-order valence-corrected chi connectivity index (χ4v) is 5.08. The van der Waals surface area contributed by atoms with E-state index < -0.39 is 0 Å². The molecule has 3 aromatic rings. The molecule has 1 fully saturated rings. The Hall–Kier alpha value is -3.45. The molecule has 0 spiro atoms. The first-order chi connectivity index (χ1) is 17.6. The standard InChI is InChI=1S/C29H34N4O3/c1-21-9-11-23(12-10-21)26-18-33-20-31-27(25(33)19-36-26)29(35)32-16-13-24(14-17-32)28(34)30-15-5-8-22-6-3-2-4-7-22/h2-4,6-7,9-12,20,24,26H,5,8,13-19H2,1H3,(H,30,34). The summed E-state index contributed by atoms with van der Waals surface area (Å²) in [6, 6.07) is 18.7. The third kappa shape index (κ3) is 5.51. The van der Waals surface area contributed by atoms with Crippen LogP contribution in [0.15, 0.2) is 60.9 Å². The molecule has 2 aliphatic rings. The Bertz CT molecular complexity index is 1180. The van der Waals surface area contributed by atoms with E-state index in [1.54, 1.807) is 6.33 Å². The summed E-state index contributed by atoms with van der Waals surface area (Å²) in [4.78, 5) is 32.1. The summed E-state index contributed by atoms with van der Waals surface area (Å²) in [7, 11) is 0. The van der Waals surface area contributed by atoms with Crippen molar-refractivity contribution >= 4 is 11.8 Å². The Kier molecular flexibility index (Phi) is 7.47. The second kappa shape index (κ2) is 11.1. The Morgan fingerprint density at radius 2 is 1.81 bits per heavy atom. The summed E-state index contributed by atoms with van der Waals surface area (Å²) in [5.74, 6) is -0.00628. The number of rotatable bonds is 7. The molecule has 2 amide bonds. The summed E-state index contributed by atoms with van der Waals surface area (Å²) in [6.07, 6.45) is 4.94. The van der Waals surface area contributed by atoms with Crippen molar-refractivity contribution < 1.29 is 14.3 Å². The monoisotopic (exact) mass is 486 g/mol. The molecule has 3 heterocycles. The first kappa shape index (κ1) is 24.3. The van der Waals surface area contributed by atoms with Crippen LogP contribution in [0.4, 0.5) is 0 Å². The van der Waals surface area contributed by atoms with Gasteiger partial charge in [0.1, 0.15) is 6.10 Å². The molecule has 1 unspecified atom stereocenters. The molecular weight excluding hydrogens is 452 g/mol. The highest BCUT2D eigenvalue weighted by Gasteiger charge is 2.32. The van der Waals surface area contributed by atoms with Crippen molar-refractivity contribution in [1.29, 1.82) is 0 Å². The third-order valence-electron chi connectivity index (χ3n) is 7.32. The largest absolute Gasteiger partial charge is 0.365 e. The highest BCUT2D eigenvalue weighted by molar-refractivity contribution is 5.93. The lowest BCUT2D eigenvalue weighted by atomic mass is 9.95. The lowest BCUT2D eigenvalue weighted by molar-refractivity contribution is -0.126. The van der Waals surface area contributed by atoms with E-state index in [4.69, 9.17) is 4.74 Å². The van der Waals surface area contributed by atoms with Gasteiger partial charge in [-0.2, -0.15) is 0 Å². The topological polar surface area (TPSA) is 76.5 Å². The Morgan fingerprint density at radius 3 is 2.56 bits per heavy atom. The molecule has 7 heteroatoms. The number of nitrogens with zero attached hydrogens (tertiary/aromatic N) is 3. The van der Waals surface area contributed by atoms with Crippen LogP contribution in [-0.4, -0.2) is 45.9 Å². The van der Waals surface area contributed by atoms with Gasteiger partial charge in [-0.3, -0.25) is 9.59 Å². The lowest BCUT2D eigenvalue weighted by Crippen LogP contribution is -2.43. The number of nitrogens with one attached hydrogen (secondary N) is 1. The number of piperidine rings is 1. The van der Waals surface area contributed by atoms with Crippen LogP contribution < -0.4 is 5.32 Å². The number of aryl methyl sites for hydroxylation is 2. The van der Waals surface area contributed by atoms with Crippen LogP contribution in [0.1, 0.15) is 58.2 Å². The molecule has 188 valence electrons.